The molecule has 12 heteroatoms. The number of halogens is 1. The first-order valence-electron chi connectivity index (χ1n) is 6.46. The first kappa shape index (κ1) is 15.6. The van der Waals surface area contributed by atoms with Gasteiger partial charge in [-0.2, -0.15) is 0 Å². The number of nitro benzene ring substituents is 2. The van der Waals surface area contributed by atoms with E-state index in [0.717, 1.165) is 0 Å². The Kier molecular flexibility index (Phi) is 3.92. The number of nitro groups is 2. The number of nitrogens with one attached hydrogen (secondary N) is 2. The molecule has 0 aliphatic rings. The molecular weight excluding hydrogens is 342 g/mol. The summed E-state index contributed by atoms with van der Waals surface area (Å²) < 4.78 is 0. The van der Waals surface area contributed by atoms with E-state index in [0.29, 0.717) is 22.5 Å². The molecule has 0 fully saturated rings. The number of imidazole rings is 1. The van der Waals surface area contributed by atoms with Crippen LogP contribution in [0.2, 0.25) is 5.02 Å². The van der Waals surface area contributed by atoms with Crippen LogP contribution in [0.15, 0.2) is 24.8 Å². The topological polar surface area (TPSA) is 153 Å². The Labute approximate surface area is 138 Å². The third kappa shape index (κ3) is 2.79. The van der Waals surface area contributed by atoms with E-state index in [2.05, 4.69) is 25.3 Å². The van der Waals surface area contributed by atoms with Crippen LogP contribution in [-0.2, 0) is 6.54 Å². The number of benzene rings is 1. The molecular formula is C12H8ClN7O4. The van der Waals surface area contributed by atoms with Crippen LogP contribution in [0.5, 0.6) is 0 Å². The number of aromatic nitrogens is 4. The van der Waals surface area contributed by atoms with Crippen molar-refractivity contribution < 1.29 is 9.85 Å². The smallest absolute Gasteiger partial charge is 0.295 e. The van der Waals surface area contributed by atoms with Gasteiger partial charge in [-0.3, -0.25) is 20.2 Å². The van der Waals surface area contributed by atoms with E-state index in [-0.39, 0.29) is 6.54 Å². The molecule has 0 unspecified atom stereocenters. The van der Waals surface area contributed by atoms with Crippen LogP contribution < -0.4 is 5.32 Å². The standard InChI is InChI=1S/C12H8ClN7O4/c13-9-7(19(21)22)1-6(2-8(9)20(23)24)3-14-11-10-12(16-4-15-10)18-5-17-11/h1-2,4-5H,3H2,(H2,14,15,16,17,18). The maximum atomic E-state index is 11.0. The summed E-state index contributed by atoms with van der Waals surface area (Å²) in [4.78, 5) is 35.3. The van der Waals surface area contributed by atoms with Gasteiger partial charge in [-0.05, 0) is 5.56 Å². The van der Waals surface area contributed by atoms with E-state index in [4.69, 9.17) is 11.6 Å². The number of rotatable bonds is 5. The van der Waals surface area contributed by atoms with Gasteiger partial charge in [0.1, 0.15) is 11.8 Å². The molecule has 0 radical (unpaired) electrons. The van der Waals surface area contributed by atoms with Crippen LogP contribution in [0.25, 0.3) is 11.2 Å². The maximum Gasteiger partial charge on any atom is 0.295 e. The molecule has 24 heavy (non-hydrogen) atoms. The Morgan fingerprint density at radius 2 is 1.79 bits per heavy atom. The number of anilines is 1. The highest BCUT2D eigenvalue weighted by Crippen LogP contribution is 2.35. The lowest BCUT2D eigenvalue weighted by Crippen LogP contribution is -2.04. The molecule has 0 aliphatic carbocycles. The van der Waals surface area contributed by atoms with Crippen LogP contribution in [0, 0.1) is 20.2 Å². The van der Waals surface area contributed by atoms with Crippen molar-refractivity contribution in [2.45, 2.75) is 6.54 Å². The lowest BCUT2D eigenvalue weighted by Gasteiger charge is -2.07. The Balaban J connectivity index is 1.94. The second-order valence-corrected chi connectivity index (χ2v) is 5.02. The van der Waals surface area contributed by atoms with Crippen molar-refractivity contribution in [1.82, 2.24) is 19.9 Å². The number of nitrogens with zero attached hydrogens (tertiary/aromatic N) is 5. The number of H-pyrrole nitrogens is 1. The lowest BCUT2D eigenvalue weighted by molar-refractivity contribution is -0.394. The van der Waals surface area contributed by atoms with Crippen LogP contribution >= 0.6 is 11.6 Å². The molecule has 2 heterocycles. The molecule has 0 bridgehead atoms. The van der Waals surface area contributed by atoms with Crippen LogP contribution in [0.1, 0.15) is 5.56 Å². The summed E-state index contributed by atoms with van der Waals surface area (Å²) in [6.07, 6.45) is 2.75. The zero-order chi connectivity index (χ0) is 17.3. The fourth-order valence-electron chi connectivity index (χ4n) is 2.10. The summed E-state index contributed by atoms with van der Waals surface area (Å²) in [6.45, 7) is 0.0595. The van der Waals surface area contributed by atoms with Crippen molar-refractivity contribution in [3.8, 4) is 0 Å². The zero-order valence-corrected chi connectivity index (χ0v) is 12.5. The first-order chi connectivity index (χ1) is 11.5. The number of hydrogen-bond acceptors (Lipinski definition) is 8. The van der Waals surface area contributed by atoms with Gasteiger partial charge < -0.3 is 10.3 Å². The summed E-state index contributed by atoms with van der Waals surface area (Å²) in [6, 6.07) is 2.35. The highest BCUT2D eigenvalue weighted by Gasteiger charge is 2.25. The van der Waals surface area contributed by atoms with Gasteiger partial charge in [-0.1, -0.05) is 11.6 Å². The molecule has 0 saturated heterocycles. The van der Waals surface area contributed by atoms with Gasteiger partial charge in [0.2, 0.25) is 0 Å². The van der Waals surface area contributed by atoms with Gasteiger partial charge in [0.05, 0.1) is 16.2 Å². The van der Waals surface area contributed by atoms with E-state index in [1.165, 1.54) is 24.8 Å². The van der Waals surface area contributed by atoms with Gasteiger partial charge in [-0.25, -0.2) is 15.0 Å². The lowest BCUT2D eigenvalue weighted by atomic mass is 10.1. The average Bonchev–Trinajstić information content (AvgIpc) is 3.02. The van der Waals surface area contributed by atoms with Crippen molar-refractivity contribution in [1.29, 1.82) is 0 Å². The quantitative estimate of drug-likeness (QED) is 0.526. The Hall–Kier alpha value is -3.34. The molecule has 1 aromatic carbocycles. The molecule has 3 rings (SSSR count). The van der Waals surface area contributed by atoms with Gasteiger partial charge >= 0.3 is 0 Å². The van der Waals surface area contributed by atoms with Gasteiger partial charge in [-0.15, -0.1) is 0 Å². The van der Waals surface area contributed by atoms with Crippen LogP contribution in [0.4, 0.5) is 17.2 Å². The zero-order valence-electron chi connectivity index (χ0n) is 11.8. The largest absolute Gasteiger partial charge is 0.364 e. The molecule has 2 N–H and O–H groups in total. The van der Waals surface area contributed by atoms with Crippen molar-refractivity contribution in [2.24, 2.45) is 0 Å². The summed E-state index contributed by atoms with van der Waals surface area (Å²) in [7, 11) is 0. The second-order valence-electron chi connectivity index (χ2n) is 4.64. The van der Waals surface area contributed by atoms with Gasteiger partial charge in [0.15, 0.2) is 16.5 Å². The predicted molar refractivity (Wildman–Crippen MR) is 83.8 cm³/mol. The Bertz CT molecular complexity index is 922. The van der Waals surface area contributed by atoms with Crippen molar-refractivity contribution >= 4 is 40.0 Å². The summed E-state index contributed by atoms with van der Waals surface area (Å²) >= 11 is 5.71. The van der Waals surface area contributed by atoms with Crippen molar-refractivity contribution in [2.75, 3.05) is 5.32 Å². The van der Waals surface area contributed by atoms with E-state index in [9.17, 15) is 20.2 Å². The third-order valence-corrected chi connectivity index (χ3v) is 3.56. The minimum absolute atomic E-state index is 0.0595. The van der Waals surface area contributed by atoms with Crippen molar-refractivity contribution in [3.63, 3.8) is 0 Å². The molecule has 0 atom stereocenters. The fraction of sp³-hybridized carbons (Fsp3) is 0.0833. The molecule has 0 spiro atoms. The number of fused-ring (bicyclic) bond motifs is 1. The van der Waals surface area contributed by atoms with E-state index in [1.54, 1.807) is 0 Å². The van der Waals surface area contributed by atoms with Crippen molar-refractivity contribution in [3.05, 3.63) is 55.6 Å². The number of hydrogen-bond donors (Lipinski definition) is 2. The van der Waals surface area contributed by atoms with E-state index < -0.39 is 26.2 Å². The van der Waals surface area contributed by atoms with Crippen LogP contribution in [-0.4, -0.2) is 29.8 Å². The molecule has 0 amide bonds. The fourth-order valence-corrected chi connectivity index (χ4v) is 2.35. The SMILES string of the molecule is O=[N+]([O-])c1cc(CNc2ncnc3nc[nH]c23)cc([N+](=O)[O-])c1Cl. The predicted octanol–water partition coefficient (Wildman–Crippen LogP) is 2.43. The third-order valence-electron chi connectivity index (χ3n) is 3.17. The first-order valence-corrected chi connectivity index (χ1v) is 6.84. The molecule has 0 aliphatic heterocycles. The minimum Gasteiger partial charge on any atom is -0.364 e. The van der Waals surface area contributed by atoms with Gasteiger partial charge in [0.25, 0.3) is 11.4 Å². The highest BCUT2D eigenvalue weighted by atomic mass is 35.5. The maximum absolute atomic E-state index is 11.0. The second kappa shape index (κ2) is 6.04. The minimum atomic E-state index is -0.767. The summed E-state index contributed by atoms with van der Waals surface area (Å²) in [5, 5.41) is 24.4. The Morgan fingerprint density at radius 1 is 1.12 bits per heavy atom. The molecule has 11 nitrogen and oxygen atoms in total. The summed E-state index contributed by atoms with van der Waals surface area (Å²) in [5.74, 6) is 0.415. The normalized spacial score (nSPS) is 10.7. The van der Waals surface area contributed by atoms with E-state index in [1.807, 2.05) is 0 Å². The highest BCUT2D eigenvalue weighted by molar-refractivity contribution is 6.34. The average molecular weight is 350 g/mol. The van der Waals surface area contributed by atoms with E-state index >= 15 is 0 Å². The van der Waals surface area contributed by atoms with Crippen LogP contribution in [0.3, 0.4) is 0 Å². The Morgan fingerprint density at radius 3 is 2.42 bits per heavy atom. The molecule has 0 saturated carbocycles. The summed E-state index contributed by atoms with van der Waals surface area (Å²) in [5.41, 5.74) is 0.245. The molecule has 2 aromatic heterocycles. The van der Waals surface area contributed by atoms with Gasteiger partial charge in [0, 0.05) is 18.7 Å². The monoisotopic (exact) mass is 349 g/mol. The molecule has 3 aromatic rings. The molecule has 122 valence electrons. The number of aromatic amines is 1.